The molecule has 0 radical (unpaired) electrons. The minimum absolute atomic E-state index is 0.131. The third kappa shape index (κ3) is 14.2. The molecule has 7 heteroatoms. The molecule has 0 unspecified atom stereocenters. The van der Waals surface area contributed by atoms with E-state index in [0.29, 0.717) is 65.8 Å². The van der Waals surface area contributed by atoms with Crippen molar-refractivity contribution in [2.75, 3.05) is 80.0 Å². The summed E-state index contributed by atoms with van der Waals surface area (Å²) in [7, 11) is 3.68. The van der Waals surface area contributed by atoms with Crippen LogP contribution in [0.3, 0.4) is 0 Å². The quantitative estimate of drug-likeness (QED) is 0.408. The summed E-state index contributed by atoms with van der Waals surface area (Å²) >= 11 is 0. The molecule has 0 spiro atoms. The Morgan fingerprint density at radius 2 is 1.32 bits per heavy atom. The molecular weight excluding hydrogens is 288 g/mol. The first-order valence-corrected chi connectivity index (χ1v) is 7.91. The summed E-state index contributed by atoms with van der Waals surface area (Å²) in [6.45, 7) is 7.92. The van der Waals surface area contributed by atoms with E-state index < -0.39 is 0 Å². The Labute approximate surface area is 134 Å². The van der Waals surface area contributed by atoms with Gasteiger partial charge in [0.2, 0.25) is 5.91 Å². The highest BCUT2D eigenvalue weighted by Gasteiger charge is 2.04. The van der Waals surface area contributed by atoms with E-state index in [1.54, 1.807) is 11.9 Å². The first kappa shape index (κ1) is 21.3. The SMILES string of the molecule is CCC(=O)N(C)CCOCCOCCOCCOCCNC. The molecule has 0 rings (SSSR count). The third-order valence-electron chi connectivity index (χ3n) is 2.91. The number of carbonyl (C=O) groups excluding carboxylic acids is 1. The van der Waals surface area contributed by atoms with Gasteiger partial charge in [0.25, 0.3) is 0 Å². The van der Waals surface area contributed by atoms with E-state index in [1.165, 1.54) is 0 Å². The summed E-state index contributed by atoms with van der Waals surface area (Å²) in [6, 6.07) is 0. The molecular formula is C15H32N2O5. The molecule has 0 aliphatic carbocycles. The Hall–Kier alpha value is -0.730. The number of hydrogen-bond donors (Lipinski definition) is 1. The summed E-state index contributed by atoms with van der Waals surface area (Å²) in [5.41, 5.74) is 0. The van der Waals surface area contributed by atoms with Gasteiger partial charge in [-0.2, -0.15) is 0 Å². The Morgan fingerprint density at radius 1 is 0.864 bits per heavy atom. The van der Waals surface area contributed by atoms with Crippen LogP contribution in [0.1, 0.15) is 13.3 Å². The second-order valence-corrected chi connectivity index (χ2v) is 4.72. The lowest BCUT2D eigenvalue weighted by Gasteiger charge is -2.16. The Balaban J connectivity index is 3.10. The van der Waals surface area contributed by atoms with E-state index in [1.807, 2.05) is 14.0 Å². The van der Waals surface area contributed by atoms with Crippen molar-refractivity contribution in [3.63, 3.8) is 0 Å². The van der Waals surface area contributed by atoms with Gasteiger partial charge in [0.1, 0.15) is 0 Å². The molecule has 1 N–H and O–H groups in total. The number of likely N-dealkylation sites (N-methyl/N-ethyl adjacent to an activating group) is 2. The van der Waals surface area contributed by atoms with Gasteiger partial charge in [-0.05, 0) is 7.05 Å². The van der Waals surface area contributed by atoms with Gasteiger partial charge in [-0.15, -0.1) is 0 Å². The van der Waals surface area contributed by atoms with Gasteiger partial charge < -0.3 is 29.2 Å². The second-order valence-electron chi connectivity index (χ2n) is 4.72. The van der Waals surface area contributed by atoms with Crippen molar-refractivity contribution in [2.24, 2.45) is 0 Å². The molecule has 0 fully saturated rings. The van der Waals surface area contributed by atoms with Crippen LogP contribution in [0.15, 0.2) is 0 Å². The zero-order chi connectivity index (χ0) is 16.5. The monoisotopic (exact) mass is 320 g/mol. The number of ether oxygens (including phenoxy) is 4. The Kier molecular flexibility index (Phi) is 16.1. The molecule has 1 amide bonds. The van der Waals surface area contributed by atoms with E-state index in [4.69, 9.17) is 18.9 Å². The molecule has 0 aromatic rings. The van der Waals surface area contributed by atoms with Crippen molar-refractivity contribution in [1.29, 1.82) is 0 Å². The fourth-order valence-electron chi connectivity index (χ4n) is 1.53. The van der Waals surface area contributed by atoms with Gasteiger partial charge in [-0.1, -0.05) is 6.92 Å². The summed E-state index contributed by atoms with van der Waals surface area (Å²) in [6.07, 6.45) is 0.528. The molecule has 132 valence electrons. The zero-order valence-electron chi connectivity index (χ0n) is 14.3. The first-order chi connectivity index (χ1) is 10.7. The van der Waals surface area contributed by atoms with Crippen LogP contribution in [-0.4, -0.2) is 90.8 Å². The van der Waals surface area contributed by atoms with Gasteiger partial charge >= 0.3 is 0 Å². The normalized spacial score (nSPS) is 10.9. The third-order valence-corrected chi connectivity index (χ3v) is 2.91. The van der Waals surface area contributed by atoms with Crippen molar-refractivity contribution < 1.29 is 23.7 Å². The van der Waals surface area contributed by atoms with Gasteiger partial charge in [0, 0.05) is 26.6 Å². The second kappa shape index (κ2) is 16.6. The highest BCUT2D eigenvalue weighted by molar-refractivity contribution is 5.75. The van der Waals surface area contributed by atoms with E-state index in [9.17, 15) is 4.79 Å². The molecule has 0 aliphatic heterocycles. The summed E-state index contributed by atoms with van der Waals surface area (Å²) in [4.78, 5) is 13.0. The molecule has 0 aromatic carbocycles. The average Bonchev–Trinajstić information content (AvgIpc) is 2.54. The smallest absolute Gasteiger partial charge is 0.222 e. The van der Waals surface area contributed by atoms with Gasteiger partial charge in [-0.25, -0.2) is 0 Å². The molecule has 22 heavy (non-hydrogen) atoms. The van der Waals surface area contributed by atoms with Crippen LogP contribution in [0.5, 0.6) is 0 Å². The van der Waals surface area contributed by atoms with E-state index in [2.05, 4.69) is 5.32 Å². The van der Waals surface area contributed by atoms with Crippen molar-refractivity contribution in [1.82, 2.24) is 10.2 Å². The average molecular weight is 320 g/mol. The molecule has 0 heterocycles. The maximum atomic E-state index is 11.3. The largest absolute Gasteiger partial charge is 0.378 e. The van der Waals surface area contributed by atoms with Crippen molar-refractivity contribution in [3.05, 3.63) is 0 Å². The van der Waals surface area contributed by atoms with Crippen LogP contribution in [0.25, 0.3) is 0 Å². The maximum Gasteiger partial charge on any atom is 0.222 e. The van der Waals surface area contributed by atoms with Crippen LogP contribution >= 0.6 is 0 Å². The topological polar surface area (TPSA) is 69.3 Å². The molecule has 7 nitrogen and oxygen atoms in total. The number of nitrogens with one attached hydrogen (secondary N) is 1. The predicted molar refractivity (Wildman–Crippen MR) is 85.1 cm³/mol. The van der Waals surface area contributed by atoms with Crippen molar-refractivity contribution in [2.45, 2.75) is 13.3 Å². The van der Waals surface area contributed by atoms with Crippen LogP contribution in [-0.2, 0) is 23.7 Å². The first-order valence-electron chi connectivity index (χ1n) is 7.91. The number of hydrogen-bond acceptors (Lipinski definition) is 6. The molecule has 0 saturated heterocycles. The lowest BCUT2D eigenvalue weighted by atomic mass is 10.4. The molecule has 0 aliphatic rings. The molecule has 0 bridgehead atoms. The summed E-state index contributed by atoms with van der Waals surface area (Å²) in [5, 5.41) is 3.00. The maximum absolute atomic E-state index is 11.3. The standard InChI is InChI=1S/C15H32N2O5/c1-4-15(18)17(3)6-8-20-10-12-22-14-13-21-11-9-19-7-5-16-2/h16H,4-14H2,1-3H3. The van der Waals surface area contributed by atoms with Crippen LogP contribution < -0.4 is 5.32 Å². The van der Waals surface area contributed by atoms with Crippen LogP contribution in [0, 0.1) is 0 Å². The lowest BCUT2D eigenvalue weighted by Crippen LogP contribution is -2.29. The number of rotatable bonds is 16. The van der Waals surface area contributed by atoms with Gasteiger partial charge in [-0.3, -0.25) is 4.79 Å². The van der Waals surface area contributed by atoms with Crippen LogP contribution in [0.2, 0.25) is 0 Å². The molecule has 0 atom stereocenters. The van der Waals surface area contributed by atoms with Crippen LogP contribution in [0.4, 0.5) is 0 Å². The fourth-order valence-corrected chi connectivity index (χ4v) is 1.53. The van der Waals surface area contributed by atoms with E-state index >= 15 is 0 Å². The number of nitrogens with zero attached hydrogens (tertiary/aromatic N) is 1. The molecule has 0 aromatic heterocycles. The van der Waals surface area contributed by atoms with E-state index in [-0.39, 0.29) is 5.91 Å². The van der Waals surface area contributed by atoms with Gasteiger partial charge in [0.05, 0.1) is 52.9 Å². The van der Waals surface area contributed by atoms with Gasteiger partial charge in [0.15, 0.2) is 0 Å². The van der Waals surface area contributed by atoms with Crippen molar-refractivity contribution >= 4 is 5.91 Å². The summed E-state index contributed by atoms with van der Waals surface area (Å²) in [5.74, 6) is 0.131. The minimum Gasteiger partial charge on any atom is -0.378 e. The molecule has 0 saturated carbocycles. The highest BCUT2D eigenvalue weighted by Crippen LogP contribution is 1.90. The highest BCUT2D eigenvalue weighted by atomic mass is 16.6. The lowest BCUT2D eigenvalue weighted by molar-refractivity contribution is -0.130. The van der Waals surface area contributed by atoms with E-state index in [0.717, 1.165) is 6.54 Å². The summed E-state index contributed by atoms with van der Waals surface area (Å²) < 4.78 is 21.4. The number of amides is 1. The zero-order valence-corrected chi connectivity index (χ0v) is 14.3. The predicted octanol–water partition coefficient (Wildman–Crippen LogP) is 0.141. The minimum atomic E-state index is 0.131. The Bertz CT molecular complexity index is 254. The fraction of sp³-hybridized carbons (Fsp3) is 0.933. The Morgan fingerprint density at radius 3 is 1.77 bits per heavy atom. The number of carbonyl (C=O) groups is 1. The van der Waals surface area contributed by atoms with Crippen molar-refractivity contribution in [3.8, 4) is 0 Å².